The first-order chi connectivity index (χ1) is 19.4. The lowest BCUT2D eigenvalue weighted by molar-refractivity contribution is 0.261. The first-order valence-electron chi connectivity index (χ1n) is 13.2. The SMILES string of the molecule is COc1cccc(Cn2c(-c3ccccc3C)cc3cnc(Nc4ccc(OCCN(C)C)cc4)nc3c2=O)c1. The molecule has 0 fully saturated rings. The molecule has 0 aliphatic rings. The van der Waals surface area contributed by atoms with Gasteiger partial charge in [0.05, 0.1) is 19.3 Å². The number of methoxy groups -OCH3 is 1. The molecule has 3 aromatic carbocycles. The standard InChI is InChI=1S/C32H33N5O3/c1-22-8-5-6-11-28(22)29-19-24-20-33-32(34-25-12-14-26(15-13-25)40-17-16-36(2)3)35-30(24)31(38)37(29)21-23-9-7-10-27(18-23)39-4/h5-15,18-20H,16-17,21H2,1-4H3,(H,33,34,35). The molecule has 0 unspecified atom stereocenters. The third kappa shape index (κ3) is 6.13. The van der Waals surface area contributed by atoms with Gasteiger partial charge in [0, 0.05) is 29.4 Å². The zero-order chi connectivity index (χ0) is 28.1. The van der Waals surface area contributed by atoms with E-state index in [1.165, 1.54) is 0 Å². The van der Waals surface area contributed by atoms with Gasteiger partial charge in [0.1, 0.15) is 23.6 Å². The number of hydrogen-bond acceptors (Lipinski definition) is 7. The molecule has 0 radical (unpaired) electrons. The van der Waals surface area contributed by atoms with Gasteiger partial charge >= 0.3 is 0 Å². The lowest BCUT2D eigenvalue weighted by Gasteiger charge is -2.17. The molecule has 0 saturated carbocycles. The maximum Gasteiger partial charge on any atom is 0.278 e. The predicted octanol–water partition coefficient (Wildman–Crippen LogP) is 5.51. The van der Waals surface area contributed by atoms with Crippen molar-refractivity contribution in [1.82, 2.24) is 19.4 Å². The highest BCUT2D eigenvalue weighted by molar-refractivity contribution is 5.83. The van der Waals surface area contributed by atoms with Crippen molar-refractivity contribution in [2.75, 3.05) is 39.7 Å². The molecular weight excluding hydrogens is 502 g/mol. The Morgan fingerprint density at radius 1 is 0.950 bits per heavy atom. The summed E-state index contributed by atoms with van der Waals surface area (Å²) in [6.45, 7) is 3.87. The van der Waals surface area contributed by atoms with Gasteiger partial charge in [-0.15, -0.1) is 0 Å². The fraction of sp³-hybridized carbons (Fsp3) is 0.219. The zero-order valence-corrected chi connectivity index (χ0v) is 23.2. The topological polar surface area (TPSA) is 81.5 Å². The van der Waals surface area contributed by atoms with Crippen molar-refractivity contribution in [3.63, 3.8) is 0 Å². The lowest BCUT2D eigenvalue weighted by Crippen LogP contribution is -2.24. The van der Waals surface area contributed by atoms with E-state index in [4.69, 9.17) is 9.47 Å². The monoisotopic (exact) mass is 535 g/mol. The molecule has 204 valence electrons. The van der Waals surface area contributed by atoms with E-state index >= 15 is 0 Å². The number of anilines is 2. The second-order valence-electron chi connectivity index (χ2n) is 9.89. The van der Waals surface area contributed by atoms with E-state index in [1.807, 2.05) is 99.9 Å². The molecule has 1 N–H and O–H groups in total. The van der Waals surface area contributed by atoms with Crippen LogP contribution >= 0.6 is 0 Å². The Balaban J connectivity index is 1.50. The van der Waals surface area contributed by atoms with E-state index < -0.39 is 0 Å². The second kappa shape index (κ2) is 12.0. The number of pyridine rings is 1. The third-order valence-electron chi connectivity index (χ3n) is 6.66. The summed E-state index contributed by atoms with van der Waals surface area (Å²) in [7, 11) is 5.66. The second-order valence-corrected chi connectivity index (χ2v) is 9.89. The average molecular weight is 536 g/mol. The van der Waals surface area contributed by atoms with Gasteiger partial charge in [-0.25, -0.2) is 9.97 Å². The molecular formula is C32H33N5O3. The number of rotatable bonds is 10. The highest BCUT2D eigenvalue weighted by Crippen LogP contribution is 2.27. The van der Waals surface area contributed by atoms with Crippen LogP contribution in [0.1, 0.15) is 11.1 Å². The van der Waals surface area contributed by atoms with Gasteiger partial charge in [0.15, 0.2) is 0 Å². The van der Waals surface area contributed by atoms with E-state index in [0.717, 1.165) is 46.1 Å². The number of aromatic nitrogens is 3. The van der Waals surface area contributed by atoms with E-state index in [1.54, 1.807) is 17.9 Å². The zero-order valence-electron chi connectivity index (χ0n) is 23.2. The summed E-state index contributed by atoms with van der Waals surface area (Å²) in [5.41, 5.74) is 4.79. The minimum absolute atomic E-state index is 0.186. The number of benzene rings is 3. The lowest BCUT2D eigenvalue weighted by atomic mass is 10.0. The summed E-state index contributed by atoms with van der Waals surface area (Å²) in [5, 5.41) is 3.89. The molecule has 40 heavy (non-hydrogen) atoms. The van der Waals surface area contributed by atoms with E-state index in [-0.39, 0.29) is 5.56 Å². The van der Waals surface area contributed by atoms with Crippen LogP contribution in [0.4, 0.5) is 11.6 Å². The van der Waals surface area contributed by atoms with Crippen molar-refractivity contribution in [3.05, 3.63) is 107 Å². The quantitative estimate of drug-likeness (QED) is 0.253. The molecule has 5 rings (SSSR count). The van der Waals surface area contributed by atoms with E-state index in [0.29, 0.717) is 30.0 Å². The highest BCUT2D eigenvalue weighted by atomic mass is 16.5. The molecule has 2 heterocycles. The molecule has 0 amide bonds. The summed E-state index contributed by atoms with van der Waals surface area (Å²) in [6, 6.07) is 25.4. The molecule has 5 aromatic rings. The number of nitrogens with one attached hydrogen (secondary N) is 1. The molecule has 0 atom stereocenters. The van der Waals surface area contributed by atoms with Crippen LogP contribution in [0, 0.1) is 6.92 Å². The molecule has 0 spiro atoms. The Bertz CT molecular complexity index is 1680. The van der Waals surface area contributed by atoms with Crippen LogP contribution in [0.15, 0.2) is 89.9 Å². The minimum Gasteiger partial charge on any atom is -0.497 e. The molecule has 8 nitrogen and oxygen atoms in total. The van der Waals surface area contributed by atoms with Gasteiger partial charge in [-0.2, -0.15) is 0 Å². The van der Waals surface area contributed by atoms with Gasteiger partial charge in [-0.05, 0) is 74.6 Å². The van der Waals surface area contributed by atoms with Gasteiger partial charge in [0.25, 0.3) is 5.56 Å². The van der Waals surface area contributed by atoms with Gasteiger partial charge in [-0.3, -0.25) is 4.79 Å². The summed E-state index contributed by atoms with van der Waals surface area (Å²) in [6.07, 6.45) is 1.70. The van der Waals surface area contributed by atoms with Crippen molar-refractivity contribution < 1.29 is 9.47 Å². The van der Waals surface area contributed by atoms with Crippen LogP contribution in [0.5, 0.6) is 11.5 Å². The number of aryl methyl sites for hydroxylation is 1. The Morgan fingerprint density at radius 3 is 2.50 bits per heavy atom. The maximum atomic E-state index is 14.0. The third-order valence-corrected chi connectivity index (χ3v) is 6.66. The van der Waals surface area contributed by atoms with Crippen molar-refractivity contribution in [3.8, 4) is 22.8 Å². The molecule has 0 bridgehead atoms. The van der Waals surface area contributed by atoms with Crippen LogP contribution < -0.4 is 20.3 Å². The van der Waals surface area contributed by atoms with Crippen LogP contribution in [-0.2, 0) is 6.54 Å². The van der Waals surface area contributed by atoms with Gasteiger partial charge in [0.2, 0.25) is 5.95 Å². The Kier molecular flexibility index (Phi) is 8.07. The molecule has 0 saturated heterocycles. The number of ether oxygens (including phenoxy) is 2. The smallest absolute Gasteiger partial charge is 0.278 e. The number of fused-ring (bicyclic) bond motifs is 1. The Hall–Kier alpha value is -4.69. The van der Waals surface area contributed by atoms with Crippen molar-refractivity contribution in [2.24, 2.45) is 0 Å². The van der Waals surface area contributed by atoms with Crippen LogP contribution in [0.3, 0.4) is 0 Å². The first-order valence-corrected chi connectivity index (χ1v) is 13.2. The fourth-order valence-electron chi connectivity index (χ4n) is 4.49. The Morgan fingerprint density at radius 2 is 1.75 bits per heavy atom. The van der Waals surface area contributed by atoms with Crippen molar-refractivity contribution >= 4 is 22.5 Å². The Labute approximate surface area is 233 Å². The number of likely N-dealkylation sites (N-methyl/N-ethyl adjacent to an activating group) is 1. The number of hydrogen-bond donors (Lipinski definition) is 1. The molecule has 8 heteroatoms. The van der Waals surface area contributed by atoms with Gasteiger partial charge < -0.3 is 24.3 Å². The summed E-state index contributed by atoms with van der Waals surface area (Å²) in [4.78, 5) is 25.2. The largest absolute Gasteiger partial charge is 0.497 e. The normalized spacial score (nSPS) is 11.1. The first kappa shape index (κ1) is 26.9. The summed E-state index contributed by atoms with van der Waals surface area (Å²) in [5.74, 6) is 1.88. The van der Waals surface area contributed by atoms with Crippen molar-refractivity contribution in [2.45, 2.75) is 13.5 Å². The fourth-order valence-corrected chi connectivity index (χ4v) is 4.49. The van der Waals surface area contributed by atoms with E-state index in [2.05, 4.69) is 20.2 Å². The predicted molar refractivity (Wildman–Crippen MR) is 160 cm³/mol. The van der Waals surface area contributed by atoms with Crippen molar-refractivity contribution in [1.29, 1.82) is 0 Å². The van der Waals surface area contributed by atoms with Crippen LogP contribution in [0.2, 0.25) is 0 Å². The molecule has 2 aromatic heterocycles. The average Bonchev–Trinajstić information content (AvgIpc) is 2.96. The maximum absolute atomic E-state index is 14.0. The van der Waals surface area contributed by atoms with E-state index in [9.17, 15) is 4.79 Å². The minimum atomic E-state index is -0.186. The highest BCUT2D eigenvalue weighted by Gasteiger charge is 2.16. The van der Waals surface area contributed by atoms with Gasteiger partial charge in [-0.1, -0.05) is 36.4 Å². The summed E-state index contributed by atoms with van der Waals surface area (Å²) < 4.78 is 13.0. The van der Waals surface area contributed by atoms with Crippen LogP contribution in [0.25, 0.3) is 22.2 Å². The summed E-state index contributed by atoms with van der Waals surface area (Å²) >= 11 is 0. The van der Waals surface area contributed by atoms with Crippen LogP contribution in [-0.4, -0.2) is 53.8 Å². The molecule has 0 aliphatic carbocycles. The number of nitrogens with zero attached hydrogens (tertiary/aromatic N) is 4. The molecule has 0 aliphatic heterocycles.